The second kappa shape index (κ2) is 7.36. The summed E-state index contributed by atoms with van der Waals surface area (Å²) in [5.41, 5.74) is 0. The fourth-order valence-corrected chi connectivity index (χ4v) is 1.32. The van der Waals surface area contributed by atoms with Crippen LogP contribution in [0.25, 0.3) is 0 Å². The highest BCUT2D eigenvalue weighted by Gasteiger charge is 1.94. The maximum absolute atomic E-state index is 10.5. The number of thiocarbonyl (C=S) groups is 1. The molecule has 70 valence electrons. The van der Waals surface area contributed by atoms with Crippen LogP contribution in [-0.2, 0) is 4.79 Å². The van der Waals surface area contributed by atoms with Crippen molar-refractivity contribution in [3.8, 4) is 0 Å². The molecule has 0 bridgehead atoms. The van der Waals surface area contributed by atoms with E-state index in [2.05, 4.69) is 10.6 Å². The first-order valence-corrected chi connectivity index (χ1v) is 5.21. The molecule has 2 N–H and O–H groups in total. The first kappa shape index (κ1) is 11.7. The summed E-state index contributed by atoms with van der Waals surface area (Å²) in [7, 11) is 0. The van der Waals surface area contributed by atoms with Crippen LogP contribution in [-0.4, -0.2) is 29.1 Å². The number of carbonyl (C=O) groups is 1. The van der Waals surface area contributed by atoms with Gasteiger partial charge >= 0.3 is 0 Å². The summed E-state index contributed by atoms with van der Waals surface area (Å²) in [5, 5.41) is 6.74. The van der Waals surface area contributed by atoms with E-state index in [0.717, 1.165) is 18.8 Å². The fraction of sp³-hybridized carbons (Fsp3) is 0.714. The third-order valence-electron chi connectivity index (χ3n) is 1.03. The van der Waals surface area contributed by atoms with Crippen molar-refractivity contribution in [1.82, 2.24) is 10.6 Å². The summed E-state index contributed by atoms with van der Waals surface area (Å²) in [6, 6.07) is 0. The Morgan fingerprint density at radius 2 is 2.17 bits per heavy atom. The molecular weight excluding hydrogens is 192 g/mol. The van der Waals surface area contributed by atoms with Crippen LogP contribution in [0, 0.1) is 0 Å². The number of hydrogen-bond donors (Lipinski definition) is 2. The van der Waals surface area contributed by atoms with Gasteiger partial charge in [-0.05, 0) is 19.1 Å². The van der Waals surface area contributed by atoms with Crippen molar-refractivity contribution in [2.45, 2.75) is 13.8 Å². The Morgan fingerprint density at radius 1 is 1.50 bits per heavy atom. The highest BCUT2D eigenvalue weighted by molar-refractivity contribution is 8.13. The molecule has 3 nitrogen and oxygen atoms in total. The van der Waals surface area contributed by atoms with E-state index in [1.807, 2.05) is 6.92 Å². The molecule has 0 saturated carbocycles. The number of carbonyl (C=O) groups excluding carboxylic acids is 1. The molecular formula is C7H14N2OS2. The largest absolute Gasteiger partial charge is 0.363 e. The molecule has 0 aromatic carbocycles. The van der Waals surface area contributed by atoms with Crippen molar-refractivity contribution in [2.75, 3.05) is 18.8 Å². The Kier molecular flexibility index (Phi) is 7.19. The maximum atomic E-state index is 10.5. The van der Waals surface area contributed by atoms with Gasteiger partial charge in [-0.25, -0.2) is 0 Å². The van der Waals surface area contributed by atoms with Crippen molar-refractivity contribution < 1.29 is 4.79 Å². The van der Waals surface area contributed by atoms with Gasteiger partial charge in [0.1, 0.15) is 0 Å². The van der Waals surface area contributed by atoms with Gasteiger partial charge in [0.25, 0.3) is 0 Å². The molecule has 0 heterocycles. The summed E-state index contributed by atoms with van der Waals surface area (Å²) in [6.45, 7) is 5.10. The lowest BCUT2D eigenvalue weighted by Gasteiger charge is -2.06. The minimum Gasteiger partial charge on any atom is -0.363 e. The smallest absolute Gasteiger partial charge is 0.185 e. The minimum absolute atomic E-state index is 0.145. The second-order valence-corrected chi connectivity index (χ2v) is 3.81. The van der Waals surface area contributed by atoms with E-state index in [1.54, 1.807) is 6.92 Å². The van der Waals surface area contributed by atoms with Gasteiger partial charge in [-0.3, -0.25) is 4.79 Å². The average Bonchev–Trinajstić information content (AvgIpc) is 1.98. The molecule has 0 fully saturated rings. The van der Waals surface area contributed by atoms with Crippen LogP contribution >= 0.6 is 24.0 Å². The molecule has 12 heavy (non-hydrogen) atoms. The number of hydrogen-bond acceptors (Lipinski definition) is 3. The predicted octanol–water partition coefficient (Wildman–Crippen LogP) is 0.750. The van der Waals surface area contributed by atoms with Crippen molar-refractivity contribution in [1.29, 1.82) is 0 Å². The second-order valence-electron chi connectivity index (χ2n) is 2.13. The first-order valence-electron chi connectivity index (χ1n) is 3.82. The molecule has 0 amide bonds. The fourth-order valence-electron chi connectivity index (χ4n) is 0.582. The predicted molar refractivity (Wildman–Crippen MR) is 57.4 cm³/mol. The van der Waals surface area contributed by atoms with E-state index in [1.165, 1.54) is 11.8 Å². The molecule has 0 aliphatic heterocycles. The summed E-state index contributed by atoms with van der Waals surface area (Å²) < 4.78 is 0. The SMILES string of the molecule is CCNC(=S)NCCSC(C)=O. The Labute approximate surface area is 82.7 Å². The lowest BCUT2D eigenvalue weighted by atomic mass is 10.7. The zero-order chi connectivity index (χ0) is 9.40. The number of rotatable bonds is 4. The van der Waals surface area contributed by atoms with Gasteiger partial charge in [0.15, 0.2) is 10.2 Å². The van der Waals surface area contributed by atoms with E-state index in [-0.39, 0.29) is 5.12 Å². The van der Waals surface area contributed by atoms with E-state index in [9.17, 15) is 4.79 Å². The highest BCUT2D eigenvalue weighted by atomic mass is 32.2. The van der Waals surface area contributed by atoms with Crippen LogP contribution in [0.5, 0.6) is 0 Å². The van der Waals surface area contributed by atoms with Gasteiger partial charge in [0.05, 0.1) is 0 Å². The summed E-state index contributed by atoms with van der Waals surface area (Å²) >= 11 is 6.22. The molecule has 0 unspecified atom stereocenters. The van der Waals surface area contributed by atoms with Gasteiger partial charge in [0, 0.05) is 25.8 Å². The lowest BCUT2D eigenvalue weighted by molar-refractivity contribution is -0.109. The van der Waals surface area contributed by atoms with Crippen LogP contribution in [0.3, 0.4) is 0 Å². The van der Waals surface area contributed by atoms with Crippen LogP contribution in [0.1, 0.15) is 13.8 Å². The molecule has 0 spiro atoms. The van der Waals surface area contributed by atoms with Crippen LogP contribution in [0.15, 0.2) is 0 Å². The minimum atomic E-state index is 0.145. The maximum Gasteiger partial charge on any atom is 0.185 e. The molecule has 0 aliphatic carbocycles. The van der Waals surface area contributed by atoms with Crippen molar-refractivity contribution in [2.24, 2.45) is 0 Å². The normalized spacial score (nSPS) is 9.17. The third-order valence-corrected chi connectivity index (χ3v) is 2.13. The van der Waals surface area contributed by atoms with E-state index in [4.69, 9.17) is 12.2 Å². The van der Waals surface area contributed by atoms with Gasteiger partial charge in [0.2, 0.25) is 0 Å². The van der Waals surface area contributed by atoms with Crippen molar-refractivity contribution in [3.05, 3.63) is 0 Å². The quantitative estimate of drug-likeness (QED) is 0.525. The Hall–Kier alpha value is -0.290. The highest BCUT2D eigenvalue weighted by Crippen LogP contribution is 1.97. The van der Waals surface area contributed by atoms with Gasteiger partial charge in [-0.1, -0.05) is 11.8 Å². The van der Waals surface area contributed by atoms with E-state index >= 15 is 0 Å². The number of thioether (sulfide) groups is 1. The molecule has 0 saturated heterocycles. The molecule has 0 rings (SSSR count). The zero-order valence-electron chi connectivity index (χ0n) is 7.35. The Bertz CT molecular complexity index is 161. The summed E-state index contributed by atoms with van der Waals surface area (Å²) in [6.07, 6.45) is 0. The van der Waals surface area contributed by atoms with Crippen molar-refractivity contribution in [3.63, 3.8) is 0 Å². The average molecular weight is 206 g/mol. The Balaban J connectivity index is 3.19. The zero-order valence-corrected chi connectivity index (χ0v) is 8.98. The van der Waals surface area contributed by atoms with Crippen LogP contribution in [0.4, 0.5) is 0 Å². The number of nitrogens with one attached hydrogen (secondary N) is 2. The molecule has 0 aromatic heterocycles. The van der Waals surface area contributed by atoms with Crippen LogP contribution in [0.2, 0.25) is 0 Å². The lowest BCUT2D eigenvalue weighted by Crippen LogP contribution is -2.36. The van der Waals surface area contributed by atoms with Crippen molar-refractivity contribution >= 4 is 34.2 Å². The molecule has 0 atom stereocenters. The Morgan fingerprint density at radius 3 is 2.67 bits per heavy atom. The van der Waals surface area contributed by atoms with Gasteiger partial charge < -0.3 is 10.6 Å². The molecule has 0 aromatic rings. The third kappa shape index (κ3) is 7.81. The summed E-state index contributed by atoms with van der Waals surface area (Å²) in [4.78, 5) is 10.5. The topological polar surface area (TPSA) is 41.1 Å². The molecule has 0 radical (unpaired) electrons. The van der Waals surface area contributed by atoms with Gasteiger partial charge in [-0.15, -0.1) is 0 Å². The van der Waals surface area contributed by atoms with Crippen LogP contribution < -0.4 is 10.6 Å². The first-order chi connectivity index (χ1) is 5.66. The van der Waals surface area contributed by atoms with E-state index in [0.29, 0.717) is 5.11 Å². The standard InChI is InChI=1S/C7H14N2OS2/c1-3-8-7(11)9-4-5-12-6(2)10/h3-5H2,1-2H3,(H2,8,9,11). The molecule has 5 heteroatoms. The molecule has 0 aliphatic rings. The monoisotopic (exact) mass is 206 g/mol. The van der Waals surface area contributed by atoms with E-state index < -0.39 is 0 Å². The summed E-state index contributed by atoms with van der Waals surface area (Å²) in [5.74, 6) is 0.765. The van der Waals surface area contributed by atoms with Gasteiger partial charge in [-0.2, -0.15) is 0 Å².